The monoisotopic (exact) mass is 330 g/mol. The molecule has 0 bridgehead atoms. The minimum atomic E-state index is -0.620. The molecule has 1 atom stereocenters. The second-order valence-electron chi connectivity index (χ2n) is 5.66. The molecule has 0 radical (unpaired) electrons. The van der Waals surface area contributed by atoms with Gasteiger partial charge in [0.15, 0.2) is 0 Å². The number of amides is 2. The van der Waals surface area contributed by atoms with Crippen molar-refractivity contribution in [3.05, 3.63) is 65.7 Å². The maximum Gasteiger partial charge on any atom is 0.254 e. The molecule has 1 aliphatic heterocycles. The maximum atomic E-state index is 13.3. The summed E-state index contributed by atoms with van der Waals surface area (Å²) in [4.78, 5) is 26.4. The zero-order valence-electron chi connectivity index (χ0n) is 12.8. The second kappa shape index (κ2) is 6.78. The summed E-state index contributed by atoms with van der Waals surface area (Å²) in [6, 6.07) is 10.2. The average Bonchev–Trinajstić information content (AvgIpc) is 3.06. The quantitative estimate of drug-likeness (QED) is 0.939. The Morgan fingerprint density at radius 3 is 2.50 bits per heavy atom. The van der Waals surface area contributed by atoms with Crippen LogP contribution in [0.3, 0.4) is 0 Å². The van der Waals surface area contributed by atoms with Crippen LogP contribution in [-0.2, 0) is 4.79 Å². The summed E-state index contributed by atoms with van der Waals surface area (Å²) in [6.45, 7) is 0.441. The van der Waals surface area contributed by atoms with Gasteiger partial charge in [0.25, 0.3) is 5.91 Å². The smallest absolute Gasteiger partial charge is 0.254 e. The highest BCUT2D eigenvalue weighted by Gasteiger charge is 2.34. The van der Waals surface area contributed by atoms with Gasteiger partial charge >= 0.3 is 0 Å². The van der Waals surface area contributed by atoms with Crippen molar-refractivity contribution >= 4 is 17.5 Å². The van der Waals surface area contributed by atoms with Gasteiger partial charge in [0.1, 0.15) is 17.7 Å². The van der Waals surface area contributed by atoms with Gasteiger partial charge < -0.3 is 10.2 Å². The van der Waals surface area contributed by atoms with Crippen LogP contribution in [0, 0.1) is 11.6 Å². The van der Waals surface area contributed by atoms with Crippen LogP contribution in [0.15, 0.2) is 48.5 Å². The molecule has 6 heteroatoms. The third-order valence-electron chi connectivity index (χ3n) is 4.00. The van der Waals surface area contributed by atoms with E-state index in [1.54, 1.807) is 0 Å². The highest BCUT2D eigenvalue weighted by Crippen LogP contribution is 2.22. The largest absolute Gasteiger partial charge is 0.327 e. The minimum absolute atomic E-state index is 0.219. The van der Waals surface area contributed by atoms with Gasteiger partial charge in [-0.3, -0.25) is 9.59 Å². The molecule has 1 fully saturated rings. The molecular formula is C18H16F2N2O2. The Morgan fingerprint density at radius 2 is 1.79 bits per heavy atom. The molecule has 4 nitrogen and oxygen atoms in total. The minimum Gasteiger partial charge on any atom is -0.327 e. The lowest BCUT2D eigenvalue weighted by molar-refractivity contribution is -0.119. The van der Waals surface area contributed by atoms with Gasteiger partial charge in [-0.25, -0.2) is 8.78 Å². The second-order valence-corrected chi connectivity index (χ2v) is 5.66. The lowest BCUT2D eigenvalue weighted by atomic mass is 10.1. The van der Waals surface area contributed by atoms with Crippen molar-refractivity contribution in [1.82, 2.24) is 4.90 Å². The molecule has 1 aliphatic rings. The summed E-state index contributed by atoms with van der Waals surface area (Å²) in [5.41, 5.74) is 0.683. The summed E-state index contributed by atoms with van der Waals surface area (Å²) in [5.74, 6) is -1.58. The molecule has 1 saturated heterocycles. The normalized spacial score (nSPS) is 16.9. The van der Waals surface area contributed by atoms with Gasteiger partial charge in [0.05, 0.1) is 0 Å². The molecule has 1 N–H and O–H groups in total. The van der Waals surface area contributed by atoms with Crippen molar-refractivity contribution in [2.75, 3.05) is 11.9 Å². The Morgan fingerprint density at radius 1 is 1.04 bits per heavy atom. The number of likely N-dealkylation sites (tertiary alicyclic amines) is 1. The number of hydrogen-bond acceptors (Lipinski definition) is 2. The Bertz CT molecular complexity index is 762. The molecule has 0 spiro atoms. The van der Waals surface area contributed by atoms with Gasteiger partial charge in [0, 0.05) is 17.8 Å². The first-order valence-corrected chi connectivity index (χ1v) is 7.67. The molecule has 1 heterocycles. The topological polar surface area (TPSA) is 49.4 Å². The fourth-order valence-corrected chi connectivity index (χ4v) is 2.83. The van der Waals surface area contributed by atoms with Crippen molar-refractivity contribution in [2.24, 2.45) is 0 Å². The molecule has 0 aromatic heterocycles. The maximum absolute atomic E-state index is 13.3. The third-order valence-corrected chi connectivity index (χ3v) is 4.00. The molecule has 2 amide bonds. The van der Waals surface area contributed by atoms with E-state index < -0.39 is 17.7 Å². The predicted octanol–water partition coefficient (Wildman–Crippen LogP) is 3.21. The van der Waals surface area contributed by atoms with Crippen molar-refractivity contribution < 1.29 is 18.4 Å². The van der Waals surface area contributed by atoms with Gasteiger partial charge in [-0.2, -0.15) is 0 Å². The van der Waals surface area contributed by atoms with Crippen molar-refractivity contribution in [3.8, 4) is 0 Å². The Kier molecular flexibility index (Phi) is 4.55. The van der Waals surface area contributed by atoms with E-state index in [0.29, 0.717) is 25.1 Å². The van der Waals surface area contributed by atoms with Gasteiger partial charge in [-0.1, -0.05) is 6.07 Å². The first-order chi connectivity index (χ1) is 11.5. The Labute approximate surface area is 138 Å². The molecule has 124 valence electrons. The van der Waals surface area contributed by atoms with E-state index >= 15 is 0 Å². The van der Waals surface area contributed by atoms with Crippen LogP contribution in [0.2, 0.25) is 0 Å². The Balaban J connectivity index is 1.73. The number of carbonyl (C=O) groups is 2. The van der Waals surface area contributed by atoms with Crippen LogP contribution in [0.25, 0.3) is 0 Å². The van der Waals surface area contributed by atoms with Crippen LogP contribution in [0.5, 0.6) is 0 Å². The highest BCUT2D eigenvalue weighted by atomic mass is 19.1. The molecule has 2 aromatic rings. The van der Waals surface area contributed by atoms with E-state index in [1.807, 2.05) is 0 Å². The average molecular weight is 330 g/mol. The van der Waals surface area contributed by atoms with Crippen molar-refractivity contribution in [2.45, 2.75) is 18.9 Å². The Hall–Kier alpha value is -2.76. The number of nitrogens with one attached hydrogen (secondary N) is 1. The summed E-state index contributed by atoms with van der Waals surface area (Å²) < 4.78 is 26.2. The fraction of sp³-hybridized carbons (Fsp3) is 0.222. The van der Waals surface area contributed by atoms with Gasteiger partial charge in [-0.05, 0) is 55.3 Å². The molecule has 0 unspecified atom stereocenters. The van der Waals surface area contributed by atoms with Crippen LogP contribution >= 0.6 is 0 Å². The number of nitrogens with zero attached hydrogens (tertiary/aromatic N) is 1. The fourth-order valence-electron chi connectivity index (χ4n) is 2.83. The van der Waals surface area contributed by atoms with E-state index in [2.05, 4.69) is 5.32 Å². The van der Waals surface area contributed by atoms with E-state index in [0.717, 1.165) is 6.07 Å². The van der Waals surface area contributed by atoms with E-state index in [9.17, 15) is 18.4 Å². The zero-order valence-corrected chi connectivity index (χ0v) is 12.8. The lowest BCUT2D eigenvalue weighted by Gasteiger charge is -2.24. The zero-order chi connectivity index (χ0) is 17.1. The molecule has 0 aliphatic carbocycles. The summed E-state index contributed by atoms with van der Waals surface area (Å²) >= 11 is 0. The van der Waals surface area contributed by atoms with E-state index in [4.69, 9.17) is 0 Å². The first kappa shape index (κ1) is 16.1. The first-order valence-electron chi connectivity index (χ1n) is 7.67. The van der Waals surface area contributed by atoms with Crippen LogP contribution in [0.4, 0.5) is 14.5 Å². The SMILES string of the molecule is O=C(Nc1ccc(F)cc1)[C@H]1CCCN1C(=O)c1cccc(F)c1. The van der Waals surface area contributed by atoms with Crippen LogP contribution < -0.4 is 5.32 Å². The van der Waals surface area contributed by atoms with Crippen LogP contribution in [0.1, 0.15) is 23.2 Å². The van der Waals surface area contributed by atoms with E-state index in [1.165, 1.54) is 47.4 Å². The number of halogens is 2. The van der Waals surface area contributed by atoms with Crippen molar-refractivity contribution in [1.29, 1.82) is 0 Å². The molecule has 0 saturated carbocycles. The summed E-state index contributed by atoms with van der Waals surface area (Å²) in [5, 5.41) is 2.69. The van der Waals surface area contributed by atoms with E-state index in [-0.39, 0.29) is 17.4 Å². The van der Waals surface area contributed by atoms with Gasteiger partial charge in [0.2, 0.25) is 5.91 Å². The predicted molar refractivity (Wildman–Crippen MR) is 85.5 cm³/mol. The number of benzene rings is 2. The van der Waals surface area contributed by atoms with Crippen molar-refractivity contribution in [3.63, 3.8) is 0 Å². The number of hydrogen-bond donors (Lipinski definition) is 1. The molecule has 3 rings (SSSR count). The number of rotatable bonds is 3. The standard InChI is InChI=1S/C18H16F2N2O2/c19-13-6-8-15(9-7-13)21-17(23)16-5-2-10-22(16)18(24)12-3-1-4-14(20)11-12/h1,3-4,6-9,11,16H,2,5,10H2,(H,21,23)/t16-/m1/s1. The molecular weight excluding hydrogens is 314 g/mol. The number of anilines is 1. The summed E-state index contributed by atoms with van der Waals surface area (Å²) in [6.07, 6.45) is 1.23. The third kappa shape index (κ3) is 3.42. The van der Waals surface area contributed by atoms with Gasteiger partial charge in [-0.15, -0.1) is 0 Å². The molecule has 2 aromatic carbocycles. The highest BCUT2D eigenvalue weighted by molar-refractivity contribution is 6.01. The lowest BCUT2D eigenvalue weighted by Crippen LogP contribution is -2.43. The number of carbonyl (C=O) groups excluding carboxylic acids is 2. The summed E-state index contributed by atoms with van der Waals surface area (Å²) in [7, 11) is 0. The van der Waals surface area contributed by atoms with Crippen LogP contribution in [-0.4, -0.2) is 29.3 Å². The molecule has 24 heavy (non-hydrogen) atoms.